The molecule has 138 valence electrons. The van der Waals surface area contributed by atoms with Gasteiger partial charge in [0.05, 0.1) is 10.6 Å². The number of nitro groups is 1. The highest BCUT2D eigenvalue weighted by Crippen LogP contribution is 2.33. The summed E-state index contributed by atoms with van der Waals surface area (Å²) in [5, 5.41) is 21.0. The van der Waals surface area contributed by atoms with Crippen molar-refractivity contribution in [3.8, 4) is 17.2 Å². The van der Waals surface area contributed by atoms with E-state index in [9.17, 15) is 15.2 Å². The Bertz CT molecular complexity index is 1190. The first-order valence-corrected chi connectivity index (χ1v) is 8.83. The zero-order valence-corrected chi connectivity index (χ0v) is 15.7. The maximum absolute atomic E-state index is 11.0. The van der Waals surface area contributed by atoms with Crippen LogP contribution in [0.3, 0.4) is 0 Å². The first-order chi connectivity index (χ1) is 13.5. The van der Waals surface area contributed by atoms with Gasteiger partial charge >= 0.3 is 5.69 Å². The molecule has 4 aromatic rings. The molecule has 28 heavy (non-hydrogen) atoms. The fraction of sp³-hybridized carbons (Fsp3) is 0. The van der Waals surface area contributed by atoms with Crippen LogP contribution in [-0.4, -0.2) is 26.2 Å². The first-order valence-electron chi connectivity index (χ1n) is 8.04. The Balaban J connectivity index is 1.60. The minimum atomic E-state index is -0.651. The Morgan fingerprint density at radius 2 is 2.00 bits per heavy atom. The van der Waals surface area contributed by atoms with Gasteiger partial charge < -0.3 is 9.52 Å². The summed E-state index contributed by atoms with van der Waals surface area (Å²) >= 11 is 3.19. The van der Waals surface area contributed by atoms with E-state index in [2.05, 4.69) is 30.9 Å². The van der Waals surface area contributed by atoms with Crippen molar-refractivity contribution < 1.29 is 14.4 Å². The quantitative estimate of drug-likeness (QED) is 0.271. The maximum Gasteiger partial charge on any atom is 0.312 e. The van der Waals surface area contributed by atoms with Crippen LogP contribution < -0.4 is 0 Å². The van der Waals surface area contributed by atoms with E-state index in [1.807, 2.05) is 0 Å². The average Bonchev–Trinajstić information content (AvgIpc) is 3.13. The number of nitro benzene ring substituents is 1. The highest BCUT2D eigenvalue weighted by atomic mass is 79.9. The molecule has 0 saturated carbocycles. The van der Waals surface area contributed by atoms with Gasteiger partial charge in [0.1, 0.15) is 0 Å². The molecule has 2 aromatic carbocycles. The minimum absolute atomic E-state index is 0.232. The number of aromatic nitrogens is 2. The summed E-state index contributed by atoms with van der Waals surface area (Å²) in [6, 6.07) is 13.4. The molecule has 0 bridgehead atoms. The fourth-order valence-electron chi connectivity index (χ4n) is 2.57. The van der Waals surface area contributed by atoms with E-state index < -0.39 is 16.4 Å². The number of hydrogen-bond acceptors (Lipinski definition) is 7. The van der Waals surface area contributed by atoms with Crippen molar-refractivity contribution >= 4 is 44.7 Å². The molecule has 0 fully saturated rings. The molecule has 0 aliphatic carbocycles. The molecule has 0 aliphatic heterocycles. The Hall–Kier alpha value is -3.59. The lowest BCUT2D eigenvalue weighted by Crippen LogP contribution is -1.92. The zero-order chi connectivity index (χ0) is 19.7. The lowest BCUT2D eigenvalue weighted by molar-refractivity contribution is -0.385. The molecule has 2 aromatic heterocycles. The average molecular weight is 439 g/mol. The predicted molar refractivity (Wildman–Crippen MR) is 107 cm³/mol. The van der Waals surface area contributed by atoms with Crippen molar-refractivity contribution in [2.45, 2.75) is 0 Å². The molecule has 0 aliphatic rings. The molecule has 0 spiro atoms. The topological polar surface area (TPSA) is 115 Å². The highest BCUT2D eigenvalue weighted by molar-refractivity contribution is 9.10. The molecule has 0 unspecified atom stereocenters. The van der Waals surface area contributed by atoms with Crippen LogP contribution in [0.1, 0.15) is 5.56 Å². The maximum atomic E-state index is 11.0. The SMILES string of the molecule is O=[N+]([O-])c1cc(Br)cc(C=Nc2ccc(-c3nc4ncccc4o3)cc2)c1O. The summed E-state index contributed by atoms with van der Waals surface area (Å²) in [5.41, 5.74) is 2.33. The molecule has 4 rings (SSSR count). The van der Waals surface area contributed by atoms with E-state index >= 15 is 0 Å². The molecule has 0 atom stereocenters. The normalized spacial score (nSPS) is 11.3. The van der Waals surface area contributed by atoms with Crippen LogP contribution in [0, 0.1) is 10.1 Å². The van der Waals surface area contributed by atoms with Crippen molar-refractivity contribution in [1.82, 2.24) is 9.97 Å². The summed E-state index contributed by atoms with van der Waals surface area (Å²) in [4.78, 5) is 23.1. The van der Waals surface area contributed by atoms with Crippen LogP contribution in [0.25, 0.3) is 22.7 Å². The minimum Gasteiger partial charge on any atom is -0.502 e. The van der Waals surface area contributed by atoms with E-state index in [-0.39, 0.29) is 5.56 Å². The molecular weight excluding hydrogens is 428 g/mol. The lowest BCUT2D eigenvalue weighted by atomic mass is 10.2. The van der Waals surface area contributed by atoms with Gasteiger partial charge in [-0.15, -0.1) is 0 Å². The zero-order valence-electron chi connectivity index (χ0n) is 14.1. The van der Waals surface area contributed by atoms with Gasteiger partial charge in [0.15, 0.2) is 11.2 Å². The van der Waals surface area contributed by atoms with Gasteiger partial charge in [-0.25, -0.2) is 4.98 Å². The van der Waals surface area contributed by atoms with Crippen LogP contribution in [0.2, 0.25) is 0 Å². The Kier molecular flexibility index (Phi) is 4.58. The van der Waals surface area contributed by atoms with Gasteiger partial charge in [0.25, 0.3) is 0 Å². The van der Waals surface area contributed by atoms with Crippen molar-refractivity contribution in [1.29, 1.82) is 0 Å². The summed E-state index contributed by atoms with van der Waals surface area (Å²) in [5.74, 6) is 0.0111. The number of hydrogen-bond donors (Lipinski definition) is 1. The number of aromatic hydroxyl groups is 1. The molecule has 9 heteroatoms. The van der Waals surface area contributed by atoms with Gasteiger partial charge in [-0.2, -0.15) is 4.98 Å². The molecular formula is C19H11BrN4O4. The summed E-state index contributed by atoms with van der Waals surface area (Å²) in [7, 11) is 0. The van der Waals surface area contributed by atoms with Gasteiger partial charge in [0.2, 0.25) is 11.6 Å². The number of oxazole rings is 1. The molecule has 1 N–H and O–H groups in total. The van der Waals surface area contributed by atoms with Gasteiger partial charge in [-0.05, 0) is 42.5 Å². The smallest absolute Gasteiger partial charge is 0.312 e. The second-order valence-electron chi connectivity index (χ2n) is 5.77. The van der Waals surface area contributed by atoms with Crippen LogP contribution in [0.5, 0.6) is 5.75 Å². The standard InChI is InChI=1S/C19H11BrN4O4/c20-13-8-12(17(25)15(9-13)24(26)27)10-22-14-5-3-11(4-6-14)19-23-18-16(28-19)2-1-7-21-18/h1-10,25H. The Labute approximate surface area is 166 Å². The second-order valence-corrected chi connectivity index (χ2v) is 6.68. The van der Waals surface area contributed by atoms with Gasteiger partial charge in [-0.3, -0.25) is 15.1 Å². The van der Waals surface area contributed by atoms with Crippen LogP contribution in [0.4, 0.5) is 11.4 Å². The van der Waals surface area contributed by atoms with E-state index in [0.717, 1.165) is 5.56 Å². The number of fused-ring (bicyclic) bond motifs is 1. The van der Waals surface area contributed by atoms with Crippen LogP contribution >= 0.6 is 15.9 Å². The third-order valence-corrected chi connectivity index (χ3v) is 4.37. The molecule has 2 heterocycles. The number of phenolic OH excluding ortho intramolecular Hbond substituents is 1. The van der Waals surface area contributed by atoms with E-state index in [1.165, 1.54) is 12.3 Å². The van der Waals surface area contributed by atoms with Crippen LogP contribution in [-0.2, 0) is 0 Å². The molecule has 8 nitrogen and oxygen atoms in total. The number of nitrogens with zero attached hydrogens (tertiary/aromatic N) is 4. The number of pyridine rings is 1. The Morgan fingerprint density at radius 1 is 1.21 bits per heavy atom. The molecule has 0 amide bonds. The van der Waals surface area contributed by atoms with E-state index in [0.29, 0.717) is 27.3 Å². The third kappa shape index (κ3) is 3.47. The Morgan fingerprint density at radius 3 is 2.71 bits per heavy atom. The predicted octanol–water partition coefficient (Wildman–Crippen LogP) is 5.02. The van der Waals surface area contributed by atoms with E-state index in [4.69, 9.17) is 4.42 Å². The number of phenols is 1. The number of aliphatic imine (C=N–C) groups is 1. The number of rotatable bonds is 4. The highest BCUT2D eigenvalue weighted by Gasteiger charge is 2.17. The molecule has 0 radical (unpaired) electrons. The van der Waals surface area contributed by atoms with Crippen LogP contribution in [0.15, 0.2) is 68.6 Å². The monoisotopic (exact) mass is 438 g/mol. The largest absolute Gasteiger partial charge is 0.502 e. The van der Waals surface area contributed by atoms with Crippen molar-refractivity contribution in [3.05, 3.63) is 74.9 Å². The fourth-order valence-corrected chi connectivity index (χ4v) is 3.03. The summed E-state index contributed by atoms with van der Waals surface area (Å²) in [6.07, 6.45) is 3.01. The number of benzene rings is 2. The second kappa shape index (κ2) is 7.20. The summed E-state index contributed by atoms with van der Waals surface area (Å²) in [6.45, 7) is 0. The number of halogens is 1. The summed E-state index contributed by atoms with van der Waals surface area (Å²) < 4.78 is 6.14. The van der Waals surface area contributed by atoms with E-state index in [1.54, 1.807) is 48.7 Å². The van der Waals surface area contributed by atoms with Gasteiger partial charge in [-0.1, -0.05) is 15.9 Å². The molecule has 0 saturated heterocycles. The third-order valence-electron chi connectivity index (χ3n) is 3.91. The van der Waals surface area contributed by atoms with Crippen molar-refractivity contribution in [3.63, 3.8) is 0 Å². The van der Waals surface area contributed by atoms with Gasteiger partial charge in [0, 0.05) is 34.1 Å². The van der Waals surface area contributed by atoms with Crippen molar-refractivity contribution in [2.24, 2.45) is 4.99 Å². The van der Waals surface area contributed by atoms with Crippen molar-refractivity contribution in [2.75, 3.05) is 0 Å². The first kappa shape index (κ1) is 17.8. The lowest BCUT2D eigenvalue weighted by Gasteiger charge is -2.02.